The Labute approximate surface area is 123 Å². The van der Waals surface area contributed by atoms with Gasteiger partial charge in [-0.25, -0.2) is 4.39 Å². The molecule has 1 nitrogen and oxygen atoms in total. The molecule has 0 atom stereocenters. The van der Waals surface area contributed by atoms with Gasteiger partial charge in [0.2, 0.25) is 0 Å². The lowest BCUT2D eigenvalue weighted by Gasteiger charge is -2.10. The highest BCUT2D eigenvalue weighted by atomic mass is 79.9. The van der Waals surface area contributed by atoms with Gasteiger partial charge in [-0.05, 0) is 29.8 Å². The molecule has 18 heavy (non-hydrogen) atoms. The smallest absolute Gasteiger partial charge is 0.142 e. The first-order valence-electron chi connectivity index (χ1n) is 5.20. The van der Waals surface area contributed by atoms with Gasteiger partial charge in [0, 0.05) is 11.0 Å². The Morgan fingerprint density at radius 1 is 1.17 bits per heavy atom. The second-order valence-corrected chi connectivity index (χ2v) is 5.39. The molecule has 0 aliphatic carbocycles. The number of anilines is 1. The second-order valence-electron chi connectivity index (χ2n) is 3.69. The van der Waals surface area contributed by atoms with Gasteiger partial charge in [0.25, 0.3) is 0 Å². The normalized spacial score (nSPS) is 10.4. The standard InChI is InChI=1S/C13H9BrCl2FN/c14-9-4-5-10(15)12(6-9)18-7-8-2-1-3-11(17)13(8)16/h1-6,18H,7H2. The van der Waals surface area contributed by atoms with Crippen LogP contribution in [0.25, 0.3) is 0 Å². The molecule has 1 N–H and O–H groups in total. The maximum atomic E-state index is 13.3. The highest BCUT2D eigenvalue weighted by Gasteiger charge is 2.06. The fourth-order valence-electron chi connectivity index (χ4n) is 1.51. The fourth-order valence-corrected chi connectivity index (χ4v) is 2.25. The van der Waals surface area contributed by atoms with Crippen LogP contribution in [-0.4, -0.2) is 0 Å². The minimum Gasteiger partial charge on any atom is -0.380 e. The Balaban J connectivity index is 2.16. The number of hydrogen-bond donors (Lipinski definition) is 1. The number of benzene rings is 2. The molecule has 0 heterocycles. The quantitative estimate of drug-likeness (QED) is 0.771. The summed E-state index contributed by atoms with van der Waals surface area (Å²) in [6.45, 7) is 0.409. The predicted octanol–water partition coefficient (Wildman–Crippen LogP) is 5.51. The summed E-state index contributed by atoms with van der Waals surface area (Å²) < 4.78 is 14.2. The Hall–Kier alpha value is -0.770. The van der Waals surface area contributed by atoms with E-state index < -0.39 is 5.82 Å². The summed E-state index contributed by atoms with van der Waals surface area (Å²) in [7, 11) is 0. The lowest BCUT2D eigenvalue weighted by molar-refractivity contribution is 0.626. The van der Waals surface area contributed by atoms with Crippen molar-refractivity contribution >= 4 is 44.8 Å². The summed E-state index contributed by atoms with van der Waals surface area (Å²) in [5.41, 5.74) is 1.46. The number of halogens is 4. The molecule has 0 radical (unpaired) electrons. The third-order valence-electron chi connectivity index (χ3n) is 2.43. The zero-order chi connectivity index (χ0) is 13.1. The summed E-state index contributed by atoms with van der Waals surface area (Å²) >= 11 is 15.3. The van der Waals surface area contributed by atoms with E-state index in [0.717, 1.165) is 10.2 Å². The number of nitrogens with one attached hydrogen (secondary N) is 1. The Morgan fingerprint density at radius 3 is 2.72 bits per heavy atom. The average molecular weight is 349 g/mol. The van der Waals surface area contributed by atoms with Crippen molar-refractivity contribution in [1.82, 2.24) is 0 Å². The summed E-state index contributed by atoms with van der Waals surface area (Å²) in [4.78, 5) is 0. The monoisotopic (exact) mass is 347 g/mol. The predicted molar refractivity (Wildman–Crippen MR) is 77.9 cm³/mol. The van der Waals surface area contributed by atoms with Crippen LogP contribution in [0.3, 0.4) is 0 Å². The van der Waals surface area contributed by atoms with Crippen LogP contribution in [0, 0.1) is 5.82 Å². The molecule has 2 aromatic rings. The van der Waals surface area contributed by atoms with Crippen LogP contribution < -0.4 is 5.32 Å². The molecule has 0 saturated heterocycles. The molecule has 0 aliphatic rings. The van der Waals surface area contributed by atoms with Crippen LogP contribution in [0.15, 0.2) is 40.9 Å². The van der Waals surface area contributed by atoms with E-state index in [4.69, 9.17) is 23.2 Å². The van der Waals surface area contributed by atoms with Crippen LogP contribution in [0.2, 0.25) is 10.0 Å². The Bertz CT molecular complexity index is 573. The lowest BCUT2D eigenvalue weighted by Crippen LogP contribution is -2.01. The summed E-state index contributed by atoms with van der Waals surface area (Å²) in [6, 6.07) is 10.2. The summed E-state index contributed by atoms with van der Waals surface area (Å²) in [6.07, 6.45) is 0. The molecule has 0 unspecified atom stereocenters. The molecule has 0 spiro atoms. The molecule has 0 saturated carbocycles. The molecule has 0 aromatic heterocycles. The zero-order valence-electron chi connectivity index (χ0n) is 9.18. The molecule has 0 bridgehead atoms. The van der Waals surface area contributed by atoms with Gasteiger partial charge in [0.1, 0.15) is 5.82 Å². The van der Waals surface area contributed by atoms with Crippen LogP contribution in [0.5, 0.6) is 0 Å². The van der Waals surface area contributed by atoms with E-state index in [9.17, 15) is 4.39 Å². The van der Waals surface area contributed by atoms with Gasteiger partial charge < -0.3 is 5.32 Å². The average Bonchev–Trinajstić information content (AvgIpc) is 2.35. The van der Waals surface area contributed by atoms with E-state index in [1.54, 1.807) is 18.2 Å². The maximum Gasteiger partial charge on any atom is 0.142 e. The van der Waals surface area contributed by atoms with Gasteiger partial charge in [-0.15, -0.1) is 0 Å². The van der Waals surface area contributed by atoms with E-state index in [2.05, 4.69) is 21.2 Å². The summed E-state index contributed by atoms with van der Waals surface area (Å²) in [5, 5.41) is 3.86. The van der Waals surface area contributed by atoms with Gasteiger partial charge >= 0.3 is 0 Å². The van der Waals surface area contributed by atoms with Crippen molar-refractivity contribution in [3.8, 4) is 0 Å². The van der Waals surface area contributed by atoms with Crippen LogP contribution in [-0.2, 0) is 6.54 Å². The molecule has 2 aromatic carbocycles. The number of hydrogen-bond acceptors (Lipinski definition) is 1. The Morgan fingerprint density at radius 2 is 1.94 bits per heavy atom. The van der Waals surface area contributed by atoms with Crippen LogP contribution in [0.4, 0.5) is 10.1 Å². The molecule has 94 valence electrons. The van der Waals surface area contributed by atoms with E-state index in [-0.39, 0.29) is 5.02 Å². The van der Waals surface area contributed by atoms with Gasteiger partial charge in [-0.3, -0.25) is 0 Å². The minimum atomic E-state index is -0.420. The van der Waals surface area contributed by atoms with E-state index in [1.807, 2.05) is 12.1 Å². The lowest BCUT2D eigenvalue weighted by atomic mass is 10.2. The highest BCUT2D eigenvalue weighted by Crippen LogP contribution is 2.27. The first-order chi connectivity index (χ1) is 8.58. The SMILES string of the molecule is Fc1cccc(CNc2cc(Br)ccc2Cl)c1Cl. The zero-order valence-corrected chi connectivity index (χ0v) is 12.3. The third kappa shape index (κ3) is 3.16. The molecule has 0 aliphatic heterocycles. The molecule has 5 heteroatoms. The molecular formula is C13H9BrCl2FN. The van der Waals surface area contributed by atoms with Crippen molar-refractivity contribution in [2.45, 2.75) is 6.54 Å². The number of rotatable bonds is 3. The van der Waals surface area contributed by atoms with Crippen molar-refractivity contribution in [1.29, 1.82) is 0 Å². The first-order valence-corrected chi connectivity index (χ1v) is 6.74. The van der Waals surface area contributed by atoms with E-state index >= 15 is 0 Å². The van der Waals surface area contributed by atoms with Crippen LogP contribution >= 0.6 is 39.1 Å². The fraction of sp³-hybridized carbons (Fsp3) is 0.0769. The molecule has 0 amide bonds. The Kier molecular flexibility index (Phi) is 4.49. The minimum absolute atomic E-state index is 0.135. The van der Waals surface area contributed by atoms with Crippen molar-refractivity contribution in [3.05, 3.63) is 62.3 Å². The topological polar surface area (TPSA) is 12.0 Å². The van der Waals surface area contributed by atoms with E-state index in [1.165, 1.54) is 6.07 Å². The highest BCUT2D eigenvalue weighted by molar-refractivity contribution is 9.10. The van der Waals surface area contributed by atoms with Gasteiger partial charge in [0.05, 0.1) is 15.7 Å². The van der Waals surface area contributed by atoms with Gasteiger partial charge in [-0.2, -0.15) is 0 Å². The maximum absolute atomic E-state index is 13.3. The van der Waals surface area contributed by atoms with E-state index in [0.29, 0.717) is 17.1 Å². The third-order valence-corrected chi connectivity index (χ3v) is 3.68. The van der Waals surface area contributed by atoms with Crippen molar-refractivity contribution in [2.24, 2.45) is 0 Å². The van der Waals surface area contributed by atoms with Gasteiger partial charge in [0.15, 0.2) is 0 Å². The first kappa shape index (κ1) is 13.7. The summed E-state index contributed by atoms with van der Waals surface area (Å²) in [5.74, 6) is -0.420. The van der Waals surface area contributed by atoms with Crippen molar-refractivity contribution in [3.63, 3.8) is 0 Å². The largest absolute Gasteiger partial charge is 0.380 e. The molecule has 0 fully saturated rings. The molecular weight excluding hydrogens is 340 g/mol. The molecule has 2 rings (SSSR count). The van der Waals surface area contributed by atoms with Crippen molar-refractivity contribution in [2.75, 3.05) is 5.32 Å². The van der Waals surface area contributed by atoms with Crippen molar-refractivity contribution < 1.29 is 4.39 Å². The van der Waals surface area contributed by atoms with Gasteiger partial charge in [-0.1, -0.05) is 51.3 Å². The second kappa shape index (κ2) is 5.91. The van der Waals surface area contributed by atoms with Crippen LogP contribution in [0.1, 0.15) is 5.56 Å².